The van der Waals surface area contributed by atoms with Gasteiger partial charge in [-0.3, -0.25) is 19.1 Å². The van der Waals surface area contributed by atoms with E-state index in [9.17, 15) is 14.4 Å². The Morgan fingerprint density at radius 3 is 2.50 bits per heavy atom. The predicted octanol–water partition coefficient (Wildman–Crippen LogP) is 0.684. The average molecular weight is 305 g/mol. The molecule has 1 N–H and O–H groups in total. The van der Waals surface area contributed by atoms with E-state index in [0.29, 0.717) is 24.7 Å². The number of amides is 1. The molecule has 1 amide bonds. The van der Waals surface area contributed by atoms with Crippen molar-refractivity contribution >= 4 is 11.7 Å². The van der Waals surface area contributed by atoms with Crippen LogP contribution in [-0.4, -0.2) is 39.8 Å². The van der Waals surface area contributed by atoms with Crippen molar-refractivity contribution in [2.45, 2.75) is 38.0 Å². The second-order valence-electron chi connectivity index (χ2n) is 6.79. The molecular formula is C15H19N3O4. The fourth-order valence-corrected chi connectivity index (χ4v) is 4.33. The number of hydrogen-bond acceptors (Lipinski definition) is 5. The number of likely N-dealkylation sites (tertiary alicyclic amines) is 1. The van der Waals surface area contributed by atoms with Crippen molar-refractivity contribution in [3.8, 4) is 0 Å². The van der Waals surface area contributed by atoms with Crippen molar-refractivity contribution in [3.05, 3.63) is 16.4 Å². The Morgan fingerprint density at radius 2 is 1.86 bits per heavy atom. The lowest BCUT2D eigenvalue weighted by atomic mass is 9.79. The molecule has 2 bridgehead atoms. The predicted molar refractivity (Wildman–Crippen MR) is 75.0 cm³/mol. The number of hydrogen-bond donors (Lipinski definition) is 1. The highest BCUT2D eigenvalue weighted by Gasteiger charge is 2.45. The molecule has 1 aromatic heterocycles. The molecule has 1 saturated heterocycles. The molecule has 0 aromatic carbocycles. The summed E-state index contributed by atoms with van der Waals surface area (Å²) in [5.74, 6) is 0.765. The third kappa shape index (κ3) is 2.19. The largest absolute Gasteiger partial charge is 0.438 e. The molecule has 7 nitrogen and oxygen atoms in total. The molecule has 2 saturated carbocycles. The highest BCUT2D eigenvalue weighted by molar-refractivity contribution is 5.89. The topological polar surface area (TPSA) is 96.3 Å². The number of Topliss-reactive ketones (excluding diaryl/α,β-unsaturated/α-hetero) is 1. The first-order valence-electron chi connectivity index (χ1n) is 8.00. The molecule has 2 heterocycles. The first kappa shape index (κ1) is 13.7. The van der Waals surface area contributed by atoms with Gasteiger partial charge in [-0.1, -0.05) is 5.16 Å². The summed E-state index contributed by atoms with van der Waals surface area (Å²) < 4.78 is 4.54. The number of H-pyrrole nitrogens is 1. The summed E-state index contributed by atoms with van der Waals surface area (Å²) in [6, 6.07) is 0. The molecule has 3 fully saturated rings. The third-order valence-corrected chi connectivity index (χ3v) is 5.50. The molecule has 118 valence electrons. The zero-order valence-electron chi connectivity index (χ0n) is 12.3. The lowest BCUT2D eigenvalue weighted by molar-refractivity contribution is -0.138. The van der Waals surface area contributed by atoms with Crippen molar-refractivity contribution in [2.24, 2.45) is 17.8 Å². The number of nitrogens with zero attached hydrogens (tertiary/aromatic N) is 2. The van der Waals surface area contributed by atoms with Crippen molar-refractivity contribution in [1.82, 2.24) is 15.0 Å². The van der Waals surface area contributed by atoms with Crippen LogP contribution in [0.3, 0.4) is 0 Å². The van der Waals surface area contributed by atoms with Gasteiger partial charge in [-0.25, -0.2) is 4.79 Å². The molecule has 7 heteroatoms. The van der Waals surface area contributed by atoms with Gasteiger partial charge in [0.05, 0.1) is 0 Å². The molecule has 4 rings (SSSR count). The summed E-state index contributed by atoms with van der Waals surface area (Å²) in [6.07, 6.45) is 4.13. The normalized spacial score (nSPS) is 34.4. The van der Waals surface area contributed by atoms with Gasteiger partial charge in [-0.05, 0) is 32.1 Å². The van der Waals surface area contributed by atoms with E-state index in [0.717, 1.165) is 32.1 Å². The quantitative estimate of drug-likeness (QED) is 0.867. The van der Waals surface area contributed by atoms with Gasteiger partial charge in [0.15, 0.2) is 5.82 Å². The highest BCUT2D eigenvalue weighted by Crippen LogP contribution is 2.43. The van der Waals surface area contributed by atoms with E-state index in [1.807, 2.05) is 4.90 Å². The van der Waals surface area contributed by atoms with Crippen LogP contribution in [0.2, 0.25) is 0 Å². The van der Waals surface area contributed by atoms with E-state index in [-0.39, 0.29) is 29.6 Å². The summed E-state index contributed by atoms with van der Waals surface area (Å²) in [7, 11) is 0. The van der Waals surface area contributed by atoms with E-state index in [2.05, 4.69) is 14.7 Å². The van der Waals surface area contributed by atoms with Gasteiger partial charge in [0.2, 0.25) is 5.91 Å². The molecule has 0 spiro atoms. The molecule has 1 aromatic rings. The number of aromatic amines is 1. The number of fused-ring (bicyclic) bond motifs is 2. The van der Waals surface area contributed by atoms with E-state index in [1.54, 1.807) is 0 Å². The second-order valence-corrected chi connectivity index (χ2v) is 6.79. The molecule has 3 aliphatic rings. The number of carbonyl (C=O) groups is 2. The van der Waals surface area contributed by atoms with Crippen LogP contribution in [0.15, 0.2) is 9.32 Å². The van der Waals surface area contributed by atoms with E-state index < -0.39 is 5.76 Å². The Bertz CT molecular complexity index is 648. The van der Waals surface area contributed by atoms with E-state index in [1.165, 1.54) is 0 Å². The number of nitrogens with one attached hydrogen (secondary N) is 1. The molecule has 2 aliphatic carbocycles. The summed E-state index contributed by atoms with van der Waals surface area (Å²) in [5.41, 5.74) is 0. The van der Waals surface area contributed by atoms with Crippen LogP contribution in [0, 0.1) is 17.8 Å². The minimum Gasteiger partial charge on any atom is -0.342 e. The van der Waals surface area contributed by atoms with Gasteiger partial charge in [0.25, 0.3) is 0 Å². The lowest BCUT2D eigenvalue weighted by Gasteiger charge is -2.29. The summed E-state index contributed by atoms with van der Waals surface area (Å²) >= 11 is 0. The zero-order valence-corrected chi connectivity index (χ0v) is 12.3. The summed E-state index contributed by atoms with van der Waals surface area (Å²) in [5, 5.41) is 3.72. The van der Waals surface area contributed by atoms with Gasteiger partial charge in [-0.15, -0.1) is 0 Å². The zero-order chi connectivity index (χ0) is 15.3. The summed E-state index contributed by atoms with van der Waals surface area (Å²) in [4.78, 5) is 40.1. The Hall–Kier alpha value is -1.92. The van der Waals surface area contributed by atoms with Gasteiger partial charge in [-0.2, -0.15) is 0 Å². The van der Waals surface area contributed by atoms with Crippen LogP contribution < -0.4 is 5.76 Å². The van der Waals surface area contributed by atoms with Crippen LogP contribution in [0.25, 0.3) is 0 Å². The first-order valence-corrected chi connectivity index (χ1v) is 8.00. The molecule has 22 heavy (non-hydrogen) atoms. The molecule has 4 atom stereocenters. The molecule has 2 unspecified atom stereocenters. The van der Waals surface area contributed by atoms with Crippen LogP contribution in [0.4, 0.5) is 0 Å². The maximum Gasteiger partial charge on any atom is 0.438 e. The third-order valence-electron chi connectivity index (χ3n) is 5.50. The first-order chi connectivity index (χ1) is 10.6. The fraction of sp³-hybridized carbons (Fsp3) is 0.733. The second kappa shape index (κ2) is 5.07. The van der Waals surface area contributed by atoms with Crippen molar-refractivity contribution in [3.63, 3.8) is 0 Å². The SMILES string of the molecule is O=C1[C@@H]2CC[C@H]1CC(C(=O)N1CCC(c3noc(=O)[nH]3)C1)C2. The fourth-order valence-electron chi connectivity index (χ4n) is 4.33. The Kier molecular flexibility index (Phi) is 3.16. The minimum absolute atomic E-state index is 0.00897. The number of rotatable bonds is 2. The van der Waals surface area contributed by atoms with Crippen molar-refractivity contribution in [1.29, 1.82) is 0 Å². The standard InChI is InChI=1S/C15H19N3O4/c19-12-8-1-2-9(12)6-11(5-8)14(20)18-4-3-10(7-18)13-16-15(21)22-17-13/h8-11H,1-7H2,(H,16,17,21)/t8-,9+,10?,11?. The van der Waals surface area contributed by atoms with E-state index in [4.69, 9.17) is 0 Å². The van der Waals surface area contributed by atoms with Crippen LogP contribution in [0.5, 0.6) is 0 Å². The van der Waals surface area contributed by atoms with E-state index >= 15 is 0 Å². The Balaban J connectivity index is 1.42. The van der Waals surface area contributed by atoms with Crippen molar-refractivity contribution < 1.29 is 14.1 Å². The molecular weight excluding hydrogens is 286 g/mol. The smallest absolute Gasteiger partial charge is 0.342 e. The van der Waals surface area contributed by atoms with Gasteiger partial charge < -0.3 is 4.90 Å². The summed E-state index contributed by atoms with van der Waals surface area (Å²) in [6.45, 7) is 1.25. The maximum atomic E-state index is 12.7. The maximum absolute atomic E-state index is 12.7. The highest BCUT2D eigenvalue weighted by atomic mass is 16.5. The van der Waals surface area contributed by atoms with Gasteiger partial charge in [0, 0.05) is 36.8 Å². The Morgan fingerprint density at radius 1 is 1.14 bits per heavy atom. The van der Waals surface area contributed by atoms with Crippen LogP contribution in [-0.2, 0) is 9.59 Å². The lowest BCUT2D eigenvalue weighted by Crippen LogP contribution is -2.39. The molecule has 0 radical (unpaired) electrons. The van der Waals surface area contributed by atoms with Crippen LogP contribution >= 0.6 is 0 Å². The Labute approximate surface area is 127 Å². The average Bonchev–Trinajstić information content (AvgIpc) is 3.18. The number of ketones is 1. The van der Waals surface area contributed by atoms with Gasteiger partial charge >= 0.3 is 5.76 Å². The van der Waals surface area contributed by atoms with Crippen molar-refractivity contribution in [2.75, 3.05) is 13.1 Å². The molecule has 1 aliphatic heterocycles. The van der Waals surface area contributed by atoms with Crippen LogP contribution in [0.1, 0.15) is 43.8 Å². The number of carbonyl (C=O) groups excluding carboxylic acids is 2. The van der Waals surface area contributed by atoms with Gasteiger partial charge in [0.1, 0.15) is 5.78 Å². The minimum atomic E-state index is -0.554. The number of aromatic nitrogens is 2. The monoisotopic (exact) mass is 305 g/mol.